The molecule has 92 valence electrons. The highest BCUT2D eigenvalue weighted by atomic mass is 16.1. The van der Waals surface area contributed by atoms with E-state index in [0.29, 0.717) is 6.04 Å². The molecule has 0 radical (unpaired) electrons. The van der Waals surface area contributed by atoms with Gasteiger partial charge in [-0.1, -0.05) is 27.7 Å². The van der Waals surface area contributed by atoms with Crippen molar-refractivity contribution in [3.8, 4) is 0 Å². The minimum absolute atomic E-state index is 0.0882. The van der Waals surface area contributed by atoms with Gasteiger partial charge in [0.05, 0.1) is 0 Å². The SMILES string of the molecule is CC.CC.CC(=O)NC1CCCN(C)C1. The van der Waals surface area contributed by atoms with E-state index in [1.165, 1.54) is 6.42 Å². The van der Waals surface area contributed by atoms with Crippen molar-refractivity contribution in [1.29, 1.82) is 0 Å². The molecule has 3 heteroatoms. The molecule has 15 heavy (non-hydrogen) atoms. The Kier molecular flexibility index (Phi) is 12.9. The average Bonchev–Trinajstić information content (AvgIpc) is 2.23. The average molecular weight is 216 g/mol. The van der Waals surface area contributed by atoms with E-state index in [-0.39, 0.29) is 5.91 Å². The van der Waals surface area contributed by atoms with Crippen LogP contribution in [0.15, 0.2) is 0 Å². The maximum Gasteiger partial charge on any atom is 0.217 e. The molecule has 0 saturated carbocycles. The van der Waals surface area contributed by atoms with E-state index >= 15 is 0 Å². The number of likely N-dealkylation sites (tertiary alicyclic amines) is 1. The first kappa shape index (κ1) is 16.8. The highest BCUT2D eigenvalue weighted by Gasteiger charge is 2.16. The molecule has 0 aromatic carbocycles. The predicted molar refractivity (Wildman–Crippen MR) is 67.0 cm³/mol. The fourth-order valence-electron chi connectivity index (χ4n) is 1.57. The maximum absolute atomic E-state index is 10.7. The van der Waals surface area contributed by atoms with Gasteiger partial charge in [-0.25, -0.2) is 0 Å². The molecule has 1 fully saturated rings. The summed E-state index contributed by atoms with van der Waals surface area (Å²) in [5, 5.41) is 2.93. The highest BCUT2D eigenvalue weighted by Crippen LogP contribution is 2.07. The van der Waals surface area contributed by atoms with Crippen LogP contribution in [0.2, 0.25) is 0 Å². The molecule has 1 rings (SSSR count). The zero-order valence-corrected chi connectivity index (χ0v) is 11.3. The van der Waals surface area contributed by atoms with Crippen molar-refractivity contribution >= 4 is 5.91 Å². The molecule has 0 aromatic heterocycles. The lowest BCUT2D eigenvalue weighted by Gasteiger charge is -2.29. The number of hydrogen-bond acceptors (Lipinski definition) is 2. The van der Waals surface area contributed by atoms with Crippen molar-refractivity contribution in [1.82, 2.24) is 10.2 Å². The first-order valence-electron chi connectivity index (χ1n) is 6.14. The largest absolute Gasteiger partial charge is 0.352 e. The van der Waals surface area contributed by atoms with E-state index in [1.807, 2.05) is 27.7 Å². The predicted octanol–water partition coefficient (Wildman–Crippen LogP) is 2.27. The fourth-order valence-corrected chi connectivity index (χ4v) is 1.57. The summed E-state index contributed by atoms with van der Waals surface area (Å²) in [6.07, 6.45) is 2.32. The Hall–Kier alpha value is -0.570. The Morgan fingerprint density at radius 1 is 1.27 bits per heavy atom. The van der Waals surface area contributed by atoms with Crippen molar-refractivity contribution in [2.24, 2.45) is 0 Å². The molecule has 1 amide bonds. The van der Waals surface area contributed by atoms with Crippen LogP contribution in [0.25, 0.3) is 0 Å². The van der Waals surface area contributed by atoms with Gasteiger partial charge in [-0.3, -0.25) is 4.79 Å². The van der Waals surface area contributed by atoms with E-state index in [2.05, 4.69) is 17.3 Å². The molecule has 1 N–H and O–H groups in total. The molecule has 3 nitrogen and oxygen atoms in total. The lowest BCUT2D eigenvalue weighted by atomic mass is 10.1. The van der Waals surface area contributed by atoms with E-state index in [9.17, 15) is 4.79 Å². The van der Waals surface area contributed by atoms with Crippen molar-refractivity contribution in [2.75, 3.05) is 20.1 Å². The lowest BCUT2D eigenvalue weighted by Crippen LogP contribution is -2.45. The van der Waals surface area contributed by atoms with Gasteiger partial charge in [0.2, 0.25) is 5.91 Å². The van der Waals surface area contributed by atoms with E-state index in [1.54, 1.807) is 6.92 Å². The number of hydrogen-bond donors (Lipinski definition) is 1. The number of nitrogens with one attached hydrogen (secondary N) is 1. The van der Waals surface area contributed by atoms with Crippen LogP contribution in [-0.2, 0) is 4.79 Å². The van der Waals surface area contributed by atoms with Crippen LogP contribution in [0.1, 0.15) is 47.5 Å². The van der Waals surface area contributed by atoms with Gasteiger partial charge < -0.3 is 10.2 Å². The second kappa shape index (κ2) is 11.5. The minimum atomic E-state index is 0.0882. The van der Waals surface area contributed by atoms with E-state index in [4.69, 9.17) is 0 Å². The van der Waals surface area contributed by atoms with Crippen LogP contribution in [0.4, 0.5) is 0 Å². The van der Waals surface area contributed by atoms with Crippen molar-refractivity contribution in [3.05, 3.63) is 0 Å². The second-order valence-corrected chi connectivity index (χ2v) is 3.30. The van der Waals surface area contributed by atoms with Crippen molar-refractivity contribution in [3.63, 3.8) is 0 Å². The van der Waals surface area contributed by atoms with Crippen molar-refractivity contribution in [2.45, 2.75) is 53.5 Å². The lowest BCUT2D eigenvalue weighted by molar-refractivity contribution is -0.119. The molecule has 0 aromatic rings. The molecule has 1 atom stereocenters. The summed E-state index contributed by atoms with van der Waals surface area (Å²) in [4.78, 5) is 12.9. The molecule has 1 aliphatic rings. The Balaban J connectivity index is 0. The van der Waals surface area contributed by atoms with Gasteiger partial charge in [-0.2, -0.15) is 0 Å². The first-order chi connectivity index (χ1) is 7.18. The van der Waals surface area contributed by atoms with Crippen LogP contribution in [0.3, 0.4) is 0 Å². The number of piperidine rings is 1. The van der Waals surface area contributed by atoms with Gasteiger partial charge >= 0.3 is 0 Å². The molecule has 1 heterocycles. The highest BCUT2D eigenvalue weighted by molar-refractivity contribution is 5.73. The van der Waals surface area contributed by atoms with Crippen molar-refractivity contribution < 1.29 is 4.79 Å². The van der Waals surface area contributed by atoms with Gasteiger partial charge in [-0.15, -0.1) is 0 Å². The minimum Gasteiger partial charge on any atom is -0.352 e. The monoisotopic (exact) mass is 216 g/mol. The Morgan fingerprint density at radius 2 is 1.80 bits per heavy atom. The standard InChI is InChI=1S/C8H16N2O.2C2H6/c1-7(11)9-8-4-3-5-10(2)6-8;2*1-2/h8H,3-6H2,1-2H3,(H,9,11);2*1-2H3. The topological polar surface area (TPSA) is 32.3 Å². The van der Waals surface area contributed by atoms with Crippen LogP contribution < -0.4 is 5.32 Å². The van der Waals surface area contributed by atoms with Gasteiger partial charge in [0, 0.05) is 19.5 Å². The van der Waals surface area contributed by atoms with Crippen LogP contribution in [-0.4, -0.2) is 37.0 Å². The zero-order valence-electron chi connectivity index (χ0n) is 11.3. The van der Waals surface area contributed by atoms with Gasteiger partial charge in [0.15, 0.2) is 0 Å². The van der Waals surface area contributed by atoms with Gasteiger partial charge in [0.1, 0.15) is 0 Å². The molecule has 0 aliphatic carbocycles. The summed E-state index contributed by atoms with van der Waals surface area (Å²) in [5.74, 6) is 0.0882. The number of likely N-dealkylation sites (N-methyl/N-ethyl adjacent to an activating group) is 1. The van der Waals surface area contributed by atoms with Crippen LogP contribution in [0, 0.1) is 0 Å². The first-order valence-corrected chi connectivity index (χ1v) is 6.14. The summed E-state index contributed by atoms with van der Waals surface area (Å²) < 4.78 is 0. The molecule has 1 aliphatic heterocycles. The molecule has 1 unspecified atom stereocenters. The zero-order chi connectivity index (χ0) is 12.3. The Bertz CT molecular complexity index is 149. The van der Waals surface area contributed by atoms with E-state index < -0.39 is 0 Å². The Morgan fingerprint density at radius 3 is 2.20 bits per heavy atom. The maximum atomic E-state index is 10.7. The normalized spacial score (nSPS) is 20.3. The number of rotatable bonds is 1. The summed E-state index contributed by atoms with van der Waals surface area (Å²) in [5.41, 5.74) is 0. The molecular weight excluding hydrogens is 188 g/mol. The summed E-state index contributed by atoms with van der Waals surface area (Å²) >= 11 is 0. The van der Waals surface area contributed by atoms with Crippen LogP contribution in [0.5, 0.6) is 0 Å². The number of carbonyl (C=O) groups is 1. The van der Waals surface area contributed by atoms with E-state index in [0.717, 1.165) is 19.5 Å². The number of carbonyl (C=O) groups excluding carboxylic acids is 1. The Labute approximate surface area is 95.2 Å². The van der Waals surface area contributed by atoms with Gasteiger partial charge in [-0.05, 0) is 26.4 Å². The second-order valence-electron chi connectivity index (χ2n) is 3.30. The quantitative estimate of drug-likeness (QED) is 0.729. The smallest absolute Gasteiger partial charge is 0.217 e. The molecule has 0 bridgehead atoms. The fraction of sp³-hybridized carbons (Fsp3) is 0.917. The summed E-state index contributed by atoms with van der Waals surface area (Å²) in [6.45, 7) is 11.7. The third-order valence-electron chi connectivity index (χ3n) is 2.03. The van der Waals surface area contributed by atoms with Crippen LogP contribution >= 0.6 is 0 Å². The summed E-state index contributed by atoms with van der Waals surface area (Å²) in [7, 11) is 2.09. The third kappa shape index (κ3) is 9.73. The number of amides is 1. The van der Waals surface area contributed by atoms with Gasteiger partial charge in [0.25, 0.3) is 0 Å². The molecule has 0 spiro atoms. The number of nitrogens with zero attached hydrogens (tertiary/aromatic N) is 1. The summed E-state index contributed by atoms with van der Waals surface area (Å²) in [6, 6.07) is 0.381. The third-order valence-corrected chi connectivity index (χ3v) is 2.03. The molecule has 1 saturated heterocycles. The molecular formula is C12H28N2O.